The molecule has 0 saturated carbocycles. The van der Waals surface area contributed by atoms with E-state index in [4.69, 9.17) is 4.74 Å². The van der Waals surface area contributed by atoms with Gasteiger partial charge in [0, 0.05) is 32.0 Å². The second-order valence-corrected chi connectivity index (χ2v) is 8.42. The highest BCUT2D eigenvalue weighted by Gasteiger charge is 2.36. The summed E-state index contributed by atoms with van der Waals surface area (Å²) in [5, 5.41) is 0. The number of aryl methyl sites for hydroxylation is 2. The van der Waals surface area contributed by atoms with Gasteiger partial charge in [-0.25, -0.2) is 4.98 Å². The van der Waals surface area contributed by atoms with Gasteiger partial charge in [-0.1, -0.05) is 6.07 Å². The summed E-state index contributed by atoms with van der Waals surface area (Å²) < 4.78 is 8.28. The maximum absolute atomic E-state index is 13.2. The molecule has 1 saturated heterocycles. The van der Waals surface area contributed by atoms with Crippen molar-refractivity contribution in [2.75, 3.05) is 13.1 Å². The molecule has 1 fully saturated rings. The summed E-state index contributed by atoms with van der Waals surface area (Å²) in [6.07, 6.45) is 11.3. The van der Waals surface area contributed by atoms with Gasteiger partial charge in [0.1, 0.15) is 5.75 Å². The lowest BCUT2D eigenvalue weighted by molar-refractivity contribution is -0.147. The molecule has 144 valence electrons. The molecule has 2 aromatic rings. The monoisotopic (exact) mass is 367 g/mol. The van der Waals surface area contributed by atoms with Gasteiger partial charge in [-0.05, 0) is 75.1 Å². The van der Waals surface area contributed by atoms with Crippen molar-refractivity contribution in [3.05, 3.63) is 48.0 Å². The van der Waals surface area contributed by atoms with Gasteiger partial charge < -0.3 is 14.2 Å². The fourth-order valence-corrected chi connectivity index (χ4v) is 4.42. The Kier molecular flexibility index (Phi) is 4.94. The van der Waals surface area contributed by atoms with E-state index in [0.717, 1.165) is 51.1 Å². The summed E-state index contributed by atoms with van der Waals surface area (Å²) in [4.78, 5) is 19.3. The maximum Gasteiger partial charge on any atom is 0.266 e. The van der Waals surface area contributed by atoms with E-state index < -0.39 is 5.60 Å². The SMILES string of the molecule is CC(C)(Oc1ccc2c(c1)CCC2)C(=O)N1CCCC(Cn2ccnc2)C1. The van der Waals surface area contributed by atoms with Crippen molar-refractivity contribution in [3.8, 4) is 5.75 Å². The molecule has 1 aromatic carbocycles. The second kappa shape index (κ2) is 7.37. The number of fused-ring (bicyclic) bond motifs is 1. The average Bonchev–Trinajstić information content (AvgIpc) is 3.32. The molecule has 0 bridgehead atoms. The molecule has 1 aliphatic carbocycles. The molecular weight excluding hydrogens is 338 g/mol. The number of amides is 1. The van der Waals surface area contributed by atoms with Gasteiger partial charge in [-0.15, -0.1) is 0 Å². The van der Waals surface area contributed by atoms with Crippen LogP contribution in [-0.2, 0) is 24.2 Å². The summed E-state index contributed by atoms with van der Waals surface area (Å²) in [5.41, 5.74) is 1.93. The number of nitrogens with zero attached hydrogens (tertiary/aromatic N) is 3. The summed E-state index contributed by atoms with van der Waals surface area (Å²) >= 11 is 0. The van der Waals surface area contributed by atoms with Crippen molar-refractivity contribution in [1.29, 1.82) is 0 Å². The van der Waals surface area contributed by atoms with Crippen molar-refractivity contribution < 1.29 is 9.53 Å². The third kappa shape index (κ3) is 4.02. The first kappa shape index (κ1) is 18.1. The van der Waals surface area contributed by atoms with Gasteiger partial charge in [0.2, 0.25) is 0 Å². The number of carbonyl (C=O) groups excluding carboxylic acids is 1. The molecule has 1 aliphatic heterocycles. The quantitative estimate of drug-likeness (QED) is 0.813. The molecule has 27 heavy (non-hydrogen) atoms. The zero-order valence-electron chi connectivity index (χ0n) is 16.4. The Hall–Kier alpha value is -2.30. The minimum Gasteiger partial charge on any atom is -0.478 e. The van der Waals surface area contributed by atoms with Crippen molar-refractivity contribution in [2.45, 2.75) is 58.1 Å². The highest BCUT2D eigenvalue weighted by molar-refractivity contribution is 5.85. The first-order valence-corrected chi connectivity index (χ1v) is 10.1. The molecule has 4 rings (SSSR count). The van der Waals surface area contributed by atoms with E-state index in [1.54, 1.807) is 6.20 Å². The normalized spacial score (nSPS) is 19.8. The lowest BCUT2D eigenvalue weighted by Gasteiger charge is -2.37. The van der Waals surface area contributed by atoms with Crippen LogP contribution in [0, 0.1) is 5.92 Å². The van der Waals surface area contributed by atoms with E-state index in [1.807, 2.05) is 37.3 Å². The summed E-state index contributed by atoms with van der Waals surface area (Å²) in [7, 11) is 0. The lowest BCUT2D eigenvalue weighted by Crippen LogP contribution is -2.52. The van der Waals surface area contributed by atoms with Crippen molar-refractivity contribution in [3.63, 3.8) is 0 Å². The van der Waals surface area contributed by atoms with Crippen LogP contribution in [0.25, 0.3) is 0 Å². The molecule has 0 radical (unpaired) electrons. The predicted octanol–water partition coefficient (Wildman–Crippen LogP) is 3.47. The number of likely N-dealkylation sites (tertiary alicyclic amines) is 1. The number of imidazole rings is 1. The van der Waals surface area contributed by atoms with Gasteiger partial charge in [-0.3, -0.25) is 4.79 Å². The van der Waals surface area contributed by atoms with Gasteiger partial charge >= 0.3 is 0 Å². The van der Waals surface area contributed by atoms with E-state index >= 15 is 0 Å². The fourth-order valence-electron chi connectivity index (χ4n) is 4.42. The standard InChI is InChI=1S/C22H29N3O2/c1-22(2,27-20-9-8-18-6-3-7-19(18)13-20)21(26)25-11-4-5-17(15-25)14-24-12-10-23-16-24/h8-10,12-13,16-17H,3-7,11,14-15H2,1-2H3. The van der Waals surface area contributed by atoms with Crippen LogP contribution >= 0.6 is 0 Å². The van der Waals surface area contributed by atoms with Crippen LogP contribution < -0.4 is 4.74 Å². The van der Waals surface area contributed by atoms with Crippen LogP contribution in [0.5, 0.6) is 5.75 Å². The van der Waals surface area contributed by atoms with Crippen molar-refractivity contribution >= 4 is 5.91 Å². The molecule has 0 N–H and O–H groups in total. The Labute approximate surface area is 161 Å². The van der Waals surface area contributed by atoms with Gasteiger partial charge in [0.05, 0.1) is 6.33 Å². The van der Waals surface area contributed by atoms with E-state index in [9.17, 15) is 4.79 Å². The Balaban J connectivity index is 1.41. The fraction of sp³-hybridized carbons (Fsp3) is 0.545. The average molecular weight is 367 g/mol. The van der Waals surface area contributed by atoms with E-state index in [2.05, 4.69) is 21.7 Å². The molecule has 1 amide bonds. The van der Waals surface area contributed by atoms with Crippen LogP contribution in [0.4, 0.5) is 0 Å². The molecule has 1 unspecified atom stereocenters. The highest BCUT2D eigenvalue weighted by atomic mass is 16.5. The third-order valence-electron chi connectivity index (χ3n) is 5.79. The first-order chi connectivity index (χ1) is 13.0. The van der Waals surface area contributed by atoms with Crippen LogP contribution in [-0.4, -0.2) is 39.0 Å². The molecule has 1 aromatic heterocycles. The van der Waals surface area contributed by atoms with E-state index in [1.165, 1.54) is 17.5 Å². The van der Waals surface area contributed by atoms with Crippen LogP contribution in [0.15, 0.2) is 36.9 Å². The van der Waals surface area contributed by atoms with Crippen molar-refractivity contribution in [2.24, 2.45) is 5.92 Å². The summed E-state index contributed by atoms with van der Waals surface area (Å²) in [6.45, 7) is 6.30. The van der Waals surface area contributed by atoms with Crippen LogP contribution in [0.1, 0.15) is 44.2 Å². The number of hydrogen-bond donors (Lipinski definition) is 0. The third-order valence-corrected chi connectivity index (χ3v) is 5.79. The highest BCUT2D eigenvalue weighted by Crippen LogP contribution is 2.29. The van der Waals surface area contributed by atoms with Gasteiger partial charge in [0.25, 0.3) is 5.91 Å². The topological polar surface area (TPSA) is 47.4 Å². The number of ether oxygens (including phenoxy) is 1. The lowest BCUT2D eigenvalue weighted by atomic mass is 9.96. The molecule has 0 spiro atoms. The maximum atomic E-state index is 13.2. The van der Waals surface area contributed by atoms with Crippen molar-refractivity contribution in [1.82, 2.24) is 14.5 Å². The number of benzene rings is 1. The largest absolute Gasteiger partial charge is 0.478 e. The van der Waals surface area contributed by atoms with Gasteiger partial charge in [-0.2, -0.15) is 0 Å². The first-order valence-electron chi connectivity index (χ1n) is 10.1. The smallest absolute Gasteiger partial charge is 0.266 e. The number of hydrogen-bond acceptors (Lipinski definition) is 3. The molecule has 1 atom stereocenters. The Morgan fingerprint density at radius 3 is 2.93 bits per heavy atom. The number of aromatic nitrogens is 2. The second-order valence-electron chi connectivity index (χ2n) is 8.42. The Morgan fingerprint density at radius 2 is 2.11 bits per heavy atom. The Bertz CT molecular complexity index is 798. The minimum atomic E-state index is -0.857. The predicted molar refractivity (Wildman–Crippen MR) is 105 cm³/mol. The zero-order chi connectivity index (χ0) is 18.9. The van der Waals surface area contributed by atoms with E-state index in [-0.39, 0.29) is 5.91 Å². The molecule has 5 heteroatoms. The molecular formula is C22H29N3O2. The van der Waals surface area contributed by atoms with Crippen LogP contribution in [0.2, 0.25) is 0 Å². The summed E-state index contributed by atoms with van der Waals surface area (Å²) in [5.74, 6) is 1.35. The number of piperidine rings is 1. The molecule has 5 nitrogen and oxygen atoms in total. The van der Waals surface area contributed by atoms with Crippen LogP contribution in [0.3, 0.4) is 0 Å². The molecule has 2 heterocycles. The zero-order valence-corrected chi connectivity index (χ0v) is 16.4. The molecule has 2 aliphatic rings. The minimum absolute atomic E-state index is 0.0818. The van der Waals surface area contributed by atoms with E-state index in [0.29, 0.717) is 5.92 Å². The Morgan fingerprint density at radius 1 is 1.26 bits per heavy atom. The number of carbonyl (C=O) groups is 1. The van der Waals surface area contributed by atoms with Gasteiger partial charge in [0.15, 0.2) is 5.60 Å². The number of rotatable bonds is 5. The summed E-state index contributed by atoms with van der Waals surface area (Å²) in [6, 6.07) is 6.28.